The normalized spacial score (nSPS) is 11.5. The van der Waals surface area contributed by atoms with E-state index in [1.165, 1.54) is 16.0 Å². The van der Waals surface area contributed by atoms with Crippen LogP contribution in [0.25, 0.3) is 0 Å². The highest BCUT2D eigenvalue weighted by Crippen LogP contribution is 2.15. The minimum atomic E-state index is 0. The second-order valence-corrected chi connectivity index (χ2v) is 9.10. The summed E-state index contributed by atoms with van der Waals surface area (Å²) in [5.74, 6) is 3.16. The smallest absolute Gasteiger partial charge is 0.191 e. The Kier molecular flexibility index (Phi) is 11.2. The van der Waals surface area contributed by atoms with Gasteiger partial charge in [0, 0.05) is 25.0 Å². The topological polar surface area (TPSA) is 67.1 Å². The monoisotopic (exact) mass is 566 g/mol. The number of nitrogens with zero attached hydrogens (tertiary/aromatic N) is 4. The molecule has 0 radical (unpaired) electrons. The zero-order valence-corrected chi connectivity index (χ0v) is 22.6. The van der Waals surface area contributed by atoms with Crippen LogP contribution in [0.2, 0.25) is 0 Å². The molecule has 0 saturated carbocycles. The van der Waals surface area contributed by atoms with E-state index in [0.717, 1.165) is 50.0 Å². The Balaban J connectivity index is 0.00000363. The molecule has 3 aromatic rings. The van der Waals surface area contributed by atoms with Crippen molar-refractivity contribution in [3.05, 3.63) is 69.4 Å². The molecule has 6 nitrogen and oxygen atoms in total. The molecule has 0 unspecified atom stereocenters. The van der Waals surface area contributed by atoms with Gasteiger partial charge in [0.05, 0.1) is 0 Å². The summed E-state index contributed by atoms with van der Waals surface area (Å²) in [6, 6.07) is 13.3. The maximum Gasteiger partial charge on any atom is 0.191 e. The van der Waals surface area contributed by atoms with Crippen molar-refractivity contribution in [1.29, 1.82) is 0 Å². The third-order valence-electron chi connectivity index (χ3n) is 5.39. The maximum absolute atomic E-state index is 4.74. The predicted octanol–water partition coefficient (Wildman–Crippen LogP) is 4.84. The molecule has 2 aromatic heterocycles. The third kappa shape index (κ3) is 8.20. The maximum atomic E-state index is 4.74. The number of benzene rings is 1. The van der Waals surface area contributed by atoms with Gasteiger partial charge in [0.2, 0.25) is 0 Å². The SMILES string of the molecule is Cc1nnc(CN=C(NCCCc2ccc(C(C)C)cc2)NCCc2cccs2)n1C.I. The first-order chi connectivity index (χ1) is 15.0. The van der Waals surface area contributed by atoms with E-state index in [1.807, 2.05) is 18.5 Å². The first kappa shape index (κ1) is 26.3. The summed E-state index contributed by atoms with van der Waals surface area (Å²) in [5, 5.41) is 17.4. The summed E-state index contributed by atoms with van der Waals surface area (Å²) >= 11 is 1.79. The van der Waals surface area contributed by atoms with Gasteiger partial charge in [-0.15, -0.1) is 45.5 Å². The van der Waals surface area contributed by atoms with Gasteiger partial charge >= 0.3 is 0 Å². The van der Waals surface area contributed by atoms with Crippen molar-refractivity contribution in [2.75, 3.05) is 13.1 Å². The van der Waals surface area contributed by atoms with Crippen LogP contribution in [0.5, 0.6) is 0 Å². The van der Waals surface area contributed by atoms with Crippen molar-refractivity contribution in [3.63, 3.8) is 0 Å². The summed E-state index contributed by atoms with van der Waals surface area (Å²) < 4.78 is 1.98. The van der Waals surface area contributed by atoms with Gasteiger partial charge in [-0.1, -0.05) is 44.2 Å². The van der Waals surface area contributed by atoms with Crippen LogP contribution in [0, 0.1) is 6.92 Å². The molecule has 3 rings (SSSR count). The van der Waals surface area contributed by atoms with Gasteiger partial charge in [-0.3, -0.25) is 0 Å². The second kappa shape index (κ2) is 13.6. The highest BCUT2D eigenvalue weighted by atomic mass is 127. The number of guanidine groups is 1. The van der Waals surface area contributed by atoms with Crippen LogP contribution in [0.1, 0.15) is 53.8 Å². The number of halogens is 1. The van der Waals surface area contributed by atoms with Crippen molar-refractivity contribution in [3.8, 4) is 0 Å². The molecule has 0 aliphatic rings. The summed E-state index contributed by atoms with van der Waals surface area (Å²) in [7, 11) is 1.97. The van der Waals surface area contributed by atoms with Crippen LogP contribution < -0.4 is 10.6 Å². The quantitative estimate of drug-likeness (QED) is 0.160. The molecule has 0 atom stereocenters. The van der Waals surface area contributed by atoms with Crippen molar-refractivity contribution >= 4 is 41.3 Å². The number of aromatic nitrogens is 3. The second-order valence-electron chi connectivity index (χ2n) is 8.07. The molecule has 0 spiro atoms. The van der Waals surface area contributed by atoms with Crippen LogP contribution in [-0.4, -0.2) is 33.8 Å². The van der Waals surface area contributed by atoms with Crippen LogP contribution in [-0.2, 0) is 26.4 Å². The van der Waals surface area contributed by atoms with Gasteiger partial charge < -0.3 is 15.2 Å². The number of hydrogen-bond donors (Lipinski definition) is 2. The Morgan fingerprint density at radius 3 is 2.44 bits per heavy atom. The Hall–Kier alpha value is -1.94. The lowest BCUT2D eigenvalue weighted by atomic mass is 10.0. The van der Waals surface area contributed by atoms with Crippen molar-refractivity contribution in [2.45, 2.75) is 52.5 Å². The summed E-state index contributed by atoms with van der Waals surface area (Å²) in [6.07, 6.45) is 3.09. The number of nitrogens with one attached hydrogen (secondary N) is 2. The highest BCUT2D eigenvalue weighted by molar-refractivity contribution is 14.0. The summed E-state index contributed by atoms with van der Waals surface area (Å²) in [6.45, 7) is 8.63. The molecular weight excluding hydrogens is 531 g/mol. The lowest BCUT2D eigenvalue weighted by Gasteiger charge is -2.13. The minimum absolute atomic E-state index is 0. The molecule has 32 heavy (non-hydrogen) atoms. The van der Waals surface area contributed by atoms with E-state index >= 15 is 0 Å². The first-order valence-corrected chi connectivity index (χ1v) is 11.9. The third-order valence-corrected chi connectivity index (χ3v) is 6.32. The Morgan fingerprint density at radius 2 is 1.81 bits per heavy atom. The van der Waals surface area contributed by atoms with E-state index in [1.54, 1.807) is 11.3 Å². The van der Waals surface area contributed by atoms with Crippen molar-refractivity contribution in [1.82, 2.24) is 25.4 Å². The number of hydrogen-bond acceptors (Lipinski definition) is 4. The molecule has 8 heteroatoms. The number of aliphatic imine (C=N–C) groups is 1. The standard InChI is InChI=1S/C24H34N6S.HI/c1-18(2)21-11-9-20(10-12-21)7-5-14-25-24(26-15-13-22-8-6-16-31-22)27-17-23-29-28-19(3)30(23)4;/h6,8-12,16,18H,5,7,13-15,17H2,1-4H3,(H2,25,26,27);1H. The van der Waals surface area contributed by atoms with E-state index in [-0.39, 0.29) is 24.0 Å². The lowest BCUT2D eigenvalue weighted by molar-refractivity contribution is 0.723. The number of thiophene rings is 1. The minimum Gasteiger partial charge on any atom is -0.356 e. The fourth-order valence-electron chi connectivity index (χ4n) is 3.24. The van der Waals surface area contributed by atoms with Crippen molar-refractivity contribution in [2.24, 2.45) is 12.0 Å². The van der Waals surface area contributed by atoms with E-state index in [9.17, 15) is 0 Å². The van der Waals surface area contributed by atoms with Gasteiger partial charge in [0.1, 0.15) is 12.4 Å². The van der Waals surface area contributed by atoms with Gasteiger partial charge in [-0.2, -0.15) is 0 Å². The summed E-state index contributed by atoms with van der Waals surface area (Å²) in [4.78, 5) is 6.11. The molecular formula is C24H35IN6S. The number of rotatable bonds is 10. The van der Waals surface area contributed by atoms with E-state index < -0.39 is 0 Å². The van der Waals surface area contributed by atoms with Gasteiger partial charge in [0.25, 0.3) is 0 Å². The molecule has 174 valence electrons. The van der Waals surface area contributed by atoms with Crippen molar-refractivity contribution < 1.29 is 0 Å². The average molecular weight is 567 g/mol. The molecule has 1 aromatic carbocycles. The fourth-order valence-corrected chi connectivity index (χ4v) is 3.95. The molecule has 0 bridgehead atoms. The molecule has 0 saturated heterocycles. The Morgan fingerprint density at radius 1 is 1.06 bits per heavy atom. The first-order valence-electron chi connectivity index (χ1n) is 11.0. The molecule has 0 fully saturated rings. The summed E-state index contributed by atoms with van der Waals surface area (Å²) in [5.41, 5.74) is 2.77. The largest absolute Gasteiger partial charge is 0.356 e. The van der Waals surface area contributed by atoms with Gasteiger partial charge in [-0.05, 0) is 54.7 Å². The molecule has 0 aliphatic heterocycles. The predicted molar refractivity (Wildman–Crippen MR) is 145 cm³/mol. The van der Waals surface area contributed by atoms with Gasteiger partial charge in [0.15, 0.2) is 11.8 Å². The van der Waals surface area contributed by atoms with Gasteiger partial charge in [-0.25, -0.2) is 4.99 Å². The van der Waals surface area contributed by atoms with Crippen LogP contribution in [0.15, 0.2) is 46.8 Å². The molecule has 0 amide bonds. The Labute approximate surface area is 213 Å². The molecule has 2 N–H and O–H groups in total. The molecule has 0 aliphatic carbocycles. The van der Waals surface area contributed by atoms with E-state index in [4.69, 9.17) is 4.99 Å². The van der Waals surface area contributed by atoms with Crippen LogP contribution in [0.3, 0.4) is 0 Å². The number of aryl methyl sites for hydroxylation is 2. The highest BCUT2D eigenvalue weighted by Gasteiger charge is 2.06. The lowest BCUT2D eigenvalue weighted by Crippen LogP contribution is -2.39. The fraction of sp³-hybridized carbons (Fsp3) is 0.458. The van der Waals surface area contributed by atoms with Crippen LogP contribution in [0.4, 0.5) is 0 Å². The molecule has 2 heterocycles. The van der Waals surface area contributed by atoms with E-state index in [0.29, 0.717) is 12.5 Å². The average Bonchev–Trinajstić information content (AvgIpc) is 3.40. The Bertz CT molecular complexity index is 948. The van der Waals surface area contributed by atoms with E-state index in [2.05, 4.69) is 76.5 Å². The van der Waals surface area contributed by atoms with Crippen LogP contribution >= 0.6 is 35.3 Å². The zero-order valence-electron chi connectivity index (χ0n) is 19.5. The zero-order chi connectivity index (χ0) is 22.1.